The maximum Gasteiger partial charge on any atom is 0.329 e. The highest BCUT2D eigenvalue weighted by Crippen LogP contribution is 2.28. The lowest BCUT2D eigenvalue weighted by Crippen LogP contribution is -2.46. The van der Waals surface area contributed by atoms with Crippen molar-refractivity contribution in [2.45, 2.75) is 31.8 Å². The average molecular weight is 392 g/mol. The number of carboxylic acids is 1. The van der Waals surface area contributed by atoms with E-state index >= 15 is 0 Å². The number of benzene rings is 1. The molecule has 8 nitrogen and oxygen atoms in total. The number of hydrogen-bond acceptors (Lipinski definition) is 5. The highest BCUT2D eigenvalue weighted by molar-refractivity contribution is 6.07. The Bertz CT molecular complexity index is 940. The molecule has 28 heavy (non-hydrogen) atoms. The SMILES string of the molecule is COc1ccc2c(C(C)=O)cn(CC(=O)N3C[C@H](F)[C@@H](OC)[C@H]3C(=O)O)c2c1. The molecule has 0 spiro atoms. The lowest BCUT2D eigenvalue weighted by Gasteiger charge is -2.23. The summed E-state index contributed by atoms with van der Waals surface area (Å²) in [5.74, 6) is -1.54. The highest BCUT2D eigenvalue weighted by Gasteiger charge is 2.48. The van der Waals surface area contributed by atoms with Crippen molar-refractivity contribution in [1.29, 1.82) is 0 Å². The van der Waals surface area contributed by atoms with E-state index in [4.69, 9.17) is 9.47 Å². The van der Waals surface area contributed by atoms with Gasteiger partial charge in [-0.25, -0.2) is 9.18 Å². The van der Waals surface area contributed by atoms with Crippen LogP contribution in [0.3, 0.4) is 0 Å². The van der Waals surface area contributed by atoms with E-state index in [9.17, 15) is 23.9 Å². The normalized spacial score (nSPS) is 21.9. The van der Waals surface area contributed by atoms with Crippen molar-refractivity contribution in [3.05, 3.63) is 30.0 Å². The van der Waals surface area contributed by atoms with E-state index in [0.717, 1.165) is 4.90 Å². The molecule has 150 valence electrons. The molecule has 1 aromatic heterocycles. The Labute approximate surface area is 160 Å². The van der Waals surface area contributed by atoms with E-state index in [1.165, 1.54) is 27.3 Å². The predicted octanol–water partition coefficient (Wildman–Crippen LogP) is 1.50. The molecular formula is C19H21FN2O6. The van der Waals surface area contributed by atoms with Crippen LogP contribution in [0.4, 0.5) is 4.39 Å². The number of carbonyl (C=O) groups excluding carboxylic acids is 2. The molecule has 1 fully saturated rings. The van der Waals surface area contributed by atoms with Crippen molar-refractivity contribution >= 4 is 28.6 Å². The zero-order chi connectivity index (χ0) is 20.6. The highest BCUT2D eigenvalue weighted by atomic mass is 19.1. The zero-order valence-electron chi connectivity index (χ0n) is 15.7. The van der Waals surface area contributed by atoms with Crippen molar-refractivity contribution in [3.8, 4) is 5.75 Å². The van der Waals surface area contributed by atoms with Crippen LogP contribution in [-0.2, 0) is 20.9 Å². The number of rotatable bonds is 6. The summed E-state index contributed by atoms with van der Waals surface area (Å²) in [6.45, 7) is 0.809. The topological polar surface area (TPSA) is 98.1 Å². The molecular weight excluding hydrogens is 371 g/mol. The fourth-order valence-electron chi connectivity index (χ4n) is 3.63. The fraction of sp³-hybridized carbons (Fsp3) is 0.421. The Kier molecular flexibility index (Phi) is 5.37. The first kappa shape index (κ1) is 19.8. The van der Waals surface area contributed by atoms with Gasteiger partial charge in [-0.2, -0.15) is 0 Å². The molecule has 2 aromatic rings. The molecule has 9 heteroatoms. The molecule has 0 unspecified atom stereocenters. The summed E-state index contributed by atoms with van der Waals surface area (Å²) in [6, 6.07) is 3.71. The largest absolute Gasteiger partial charge is 0.497 e. The Morgan fingerprint density at radius 3 is 2.57 bits per heavy atom. The Hall–Kier alpha value is -2.94. The van der Waals surface area contributed by atoms with Gasteiger partial charge in [0, 0.05) is 30.3 Å². The average Bonchev–Trinajstić information content (AvgIpc) is 3.19. The van der Waals surface area contributed by atoms with E-state index in [1.807, 2.05) is 0 Å². The first-order chi connectivity index (χ1) is 13.3. The summed E-state index contributed by atoms with van der Waals surface area (Å²) in [7, 11) is 2.71. The number of Topliss-reactive ketones (excluding diaryl/α,β-unsaturated/α-hetero) is 1. The molecule has 0 bridgehead atoms. The van der Waals surface area contributed by atoms with E-state index in [2.05, 4.69) is 0 Å². The van der Waals surface area contributed by atoms with Crippen LogP contribution in [0.25, 0.3) is 10.9 Å². The van der Waals surface area contributed by atoms with E-state index < -0.39 is 30.2 Å². The molecule has 0 aliphatic carbocycles. The lowest BCUT2D eigenvalue weighted by atomic mass is 10.1. The number of alkyl halides is 1. The van der Waals surface area contributed by atoms with Gasteiger partial charge in [-0.05, 0) is 19.1 Å². The minimum absolute atomic E-state index is 0.172. The van der Waals surface area contributed by atoms with Crippen LogP contribution in [0, 0.1) is 0 Å². The third-order valence-electron chi connectivity index (χ3n) is 4.99. The summed E-state index contributed by atoms with van der Waals surface area (Å²) in [5, 5.41) is 10.1. The number of hydrogen-bond donors (Lipinski definition) is 1. The van der Waals surface area contributed by atoms with E-state index in [0.29, 0.717) is 22.2 Å². The van der Waals surface area contributed by atoms with Crippen LogP contribution in [-0.4, -0.2) is 71.3 Å². The number of halogens is 1. The van der Waals surface area contributed by atoms with Crippen molar-refractivity contribution in [1.82, 2.24) is 9.47 Å². The van der Waals surface area contributed by atoms with Gasteiger partial charge >= 0.3 is 5.97 Å². The summed E-state index contributed by atoms with van der Waals surface area (Å²) in [6.07, 6.45) is -1.28. The number of ether oxygens (including phenoxy) is 2. The van der Waals surface area contributed by atoms with Crippen LogP contribution in [0.5, 0.6) is 5.75 Å². The van der Waals surface area contributed by atoms with Gasteiger partial charge in [-0.3, -0.25) is 9.59 Å². The second-order valence-corrected chi connectivity index (χ2v) is 6.66. The third kappa shape index (κ3) is 3.33. The van der Waals surface area contributed by atoms with Crippen LogP contribution in [0.15, 0.2) is 24.4 Å². The Morgan fingerprint density at radius 1 is 1.29 bits per heavy atom. The number of carboxylic acid groups (broad SMARTS) is 1. The smallest absolute Gasteiger partial charge is 0.329 e. The van der Waals surface area contributed by atoms with E-state index in [-0.39, 0.29) is 18.9 Å². The van der Waals surface area contributed by atoms with Gasteiger partial charge in [-0.15, -0.1) is 0 Å². The standard InChI is InChI=1S/C19H21FN2O6/c1-10(23)13-7-21(15-6-11(27-2)4-5-12(13)15)9-16(24)22-8-14(20)18(28-3)17(22)19(25)26/h4-7,14,17-18H,8-9H2,1-3H3,(H,25,26)/t14-,17-,18+/m0/s1. The van der Waals surface area contributed by atoms with Gasteiger partial charge in [0.05, 0.1) is 19.2 Å². The molecule has 1 amide bonds. The van der Waals surface area contributed by atoms with Crippen molar-refractivity contribution in [2.24, 2.45) is 0 Å². The van der Waals surface area contributed by atoms with Gasteiger partial charge in [-0.1, -0.05) is 0 Å². The number of likely N-dealkylation sites (tertiary alicyclic amines) is 1. The molecule has 1 saturated heterocycles. The Morgan fingerprint density at radius 2 is 2.00 bits per heavy atom. The number of methoxy groups -OCH3 is 2. The van der Waals surface area contributed by atoms with Gasteiger partial charge < -0.3 is 24.0 Å². The van der Waals surface area contributed by atoms with Gasteiger partial charge in [0.25, 0.3) is 0 Å². The zero-order valence-corrected chi connectivity index (χ0v) is 15.7. The number of amides is 1. The quantitative estimate of drug-likeness (QED) is 0.749. The summed E-state index contributed by atoms with van der Waals surface area (Å²) in [5.41, 5.74) is 1.02. The molecule has 3 atom stereocenters. The van der Waals surface area contributed by atoms with Gasteiger partial charge in [0.15, 0.2) is 11.8 Å². The van der Waals surface area contributed by atoms with Crippen LogP contribution < -0.4 is 4.74 Å². The van der Waals surface area contributed by atoms with E-state index in [1.54, 1.807) is 22.8 Å². The second kappa shape index (κ2) is 7.59. The summed E-state index contributed by atoms with van der Waals surface area (Å²) >= 11 is 0. The van der Waals surface area contributed by atoms with Crippen molar-refractivity contribution < 1.29 is 33.4 Å². The molecule has 1 N–H and O–H groups in total. The minimum atomic E-state index is -1.59. The number of aliphatic carboxylic acids is 1. The second-order valence-electron chi connectivity index (χ2n) is 6.66. The monoisotopic (exact) mass is 392 g/mol. The fourth-order valence-corrected chi connectivity index (χ4v) is 3.63. The van der Waals surface area contributed by atoms with Crippen molar-refractivity contribution in [3.63, 3.8) is 0 Å². The molecule has 1 aromatic carbocycles. The maximum absolute atomic E-state index is 14.2. The van der Waals surface area contributed by atoms with Crippen LogP contribution >= 0.6 is 0 Å². The first-order valence-electron chi connectivity index (χ1n) is 8.65. The maximum atomic E-state index is 14.2. The number of nitrogens with zero attached hydrogens (tertiary/aromatic N) is 2. The van der Waals surface area contributed by atoms with Crippen molar-refractivity contribution in [2.75, 3.05) is 20.8 Å². The molecule has 3 rings (SSSR count). The van der Waals surface area contributed by atoms with Crippen LogP contribution in [0.1, 0.15) is 17.3 Å². The van der Waals surface area contributed by atoms with Crippen LogP contribution in [0.2, 0.25) is 0 Å². The number of carbonyl (C=O) groups is 3. The molecule has 1 aliphatic heterocycles. The molecule has 0 saturated carbocycles. The number of fused-ring (bicyclic) bond motifs is 1. The number of aromatic nitrogens is 1. The third-order valence-corrected chi connectivity index (χ3v) is 4.99. The summed E-state index contributed by atoms with van der Waals surface area (Å²) < 4.78 is 25.9. The first-order valence-corrected chi connectivity index (χ1v) is 8.65. The lowest BCUT2D eigenvalue weighted by molar-refractivity contribution is -0.152. The number of ketones is 1. The minimum Gasteiger partial charge on any atom is -0.497 e. The summed E-state index contributed by atoms with van der Waals surface area (Å²) in [4.78, 5) is 37.3. The predicted molar refractivity (Wildman–Crippen MR) is 97.3 cm³/mol. The Balaban J connectivity index is 1.96. The van der Waals surface area contributed by atoms with Gasteiger partial charge in [0.2, 0.25) is 5.91 Å². The molecule has 0 radical (unpaired) electrons. The van der Waals surface area contributed by atoms with Gasteiger partial charge in [0.1, 0.15) is 24.6 Å². The molecule has 1 aliphatic rings. The molecule has 2 heterocycles.